The molecule has 9 heteroatoms. The van der Waals surface area contributed by atoms with E-state index in [1.807, 2.05) is 0 Å². The van der Waals surface area contributed by atoms with E-state index in [1.54, 1.807) is 38.1 Å². The van der Waals surface area contributed by atoms with E-state index >= 15 is 0 Å². The second kappa shape index (κ2) is 7.91. The summed E-state index contributed by atoms with van der Waals surface area (Å²) in [5.41, 5.74) is 6.61. The molecule has 0 fully saturated rings. The molecule has 0 unspecified atom stereocenters. The topological polar surface area (TPSA) is 97.0 Å². The van der Waals surface area contributed by atoms with Gasteiger partial charge >= 0.3 is 0 Å². The van der Waals surface area contributed by atoms with E-state index in [4.69, 9.17) is 5.73 Å². The van der Waals surface area contributed by atoms with Gasteiger partial charge in [-0.05, 0) is 24.6 Å². The van der Waals surface area contributed by atoms with E-state index < -0.39 is 0 Å². The largest absolute Gasteiger partial charge is 0.368 e. The zero-order chi connectivity index (χ0) is 17.7. The highest BCUT2D eigenvalue weighted by molar-refractivity contribution is 7.99. The number of hydrogen-bond acceptors (Lipinski definition) is 7. The molecule has 0 saturated heterocycles. The summed E-state index contributed by atoms with van der Waals surface area (Å²) in [6, 6.07) is 4.58. The quantitative estimate of drug-likeness (QED) is 0.820. The van der Waals surface area contributed by atoms with Crippen LogP contribution in [0, 0.1) is 12.7 Å². The van der Waals surface area contributed by atoms with Gasteiger partial charge in [0.2, 0.25) is 17.8 Å². The number of carbonyl (C=O) groups is 1. The Bertz CT molecular complexity index is 740. The summed E-state index contributed by atoms with van der Waals surface area (Å²) in [6.45, 7) is 1.67. The van der Waals surface area contributed by atoms with Crippen molar-refractivity contribution in [3.05, 3.63) is 35.4 Å². The lowest BCUT2D eigenvalue weighted by Crippen LogP contribution is -2.17. The molecular weight excluding hydrogens is 331 g/mol. The molecule has 1 aromatic heterocycles. The summed E-state index contributed by atoms with van der Waals surface area (Å²) in [6.07, 6.45) is 0. The summed E-state index contributed by atoms with van der Waals surface area (Å²) in [7, 11) is 3.61. The molecule has 0 radical (unpaired) electrons. The molecule has 0 spiro atoms. The second-order valence-corrected chi connectivity index (χ2v) is 6.29. The first-order chi connectivity index (χ1) is 11.3. The van der Waals surface area contributed by atoms with Gasteiger partial charge in [0.15, 0.2) is 0 Å². The highest BCUT2D eigenvalue weighted by Crippen LogP contribution is 2.15. The first kappa shape index (κ1) is 17.9. The van der Waals surface area contributed by atoms with E-state index in [-0.39, 0.29) is 23.4 Å². The van der Waals surface area contributed by atoms with Crippen LogP contribution in [0.2, 0.25) is 0 Å². The molecule has 2 aromatic rings. The van der Waals surface area contributed by atoms with Gasteiger partial charge in [-0.3, -0.25) is 4.79 Å². The first-order valence-corrected chi connectivity index (χ1v) is 8.32. The molecule has 3 N–H and O–H groups in total. The number of anilines is 3. The molecular formula is C15H19FN6OS. The second-order valence-electron chi connectivity index (χ2n) is 5.31. The Morgan fingerprint density at radius 3 is 2.75 bits per heavy atom. The minimum absolute atomic E-state index is 0.142. The SMILES string of the molecule is Cc1ccc(NC(=O)CSCc2nc(N)nc(N(C)C)n2)cc1F. The lowest BCUT2D eigenvalue weighted by Gasteiger charge is -2.11. The zero-order valence-corrected chi connectivity index (χ0v) is 14.5. The van der Waals surface area contributed by atoms with Gasteiger partial charge in [0.1, 0.15) is 11.6 Å². The predicted molar refractivity (Wildman–Crippen MR) is 94.5 cm³/mol. The summed E-state index contributed by atoms with van der Waals surface area (Å²) in [5, 5.41) is 2.65. The fourth-order valence-corrected chi connectivity index (χ4v) is 2.46. The van der Waals surface area contributed by atoms with Crippen LogP contribution in [0.25, 0.3) is 0 Å². The molecule has 1 aromatic carbocycles. The van der Waals surface area contributed by atoms with Crippen LogP contribution in [0.15, 0.2) is 18.2 Å². The maximum atomic E-state index is 13.4. The normalized spacial score (nSPS) is 10.5. The molecule has 128 valence electrons. The molecule has 0 atom stereocenters. The molecule has 0 saturated carbocycles. The van der Waals surface area contributed by atoms with Crippen LogP contribution < -0.4 is 16.0 Å². The number of carbonyl (C=O) groups excluding carboxylic acids is 1. The molecule has 0 aliphatic heterocycles. The van der Waals surface area contributed by atoms with Crippen molar-refractivity contribution in [1.82, 2.24) is 15.0 Å². The average molecular weight is 350 g/mol. The van der Waals surface area contributed by atoms with Crippen molar-refractivity contribution < 1.29 is 9.18 Å². The van der Waals surface area contributed by atoms with Crippen molar-refractivity contribution in [2.75, 3.05) is 35.8 Å². The van der Waals surface area contributed by atoms with Gasteiger partial charge in [0.05, 0.1) is 11.5 Å². The molecule has 0 aliphatic carbocycles. The van der Waals surface area contributed by atoms with Crippen molar-refractivity contribution >= 4 is 35.3 Å². The number of rotatable bonds is 6. The Morgan fingerprint density at radius 2 is 2.08 bits per heavy atom. The summed E-state index contributed by atoms with van der Waals surface area (Å²) >= 11 is 1.34. The van der Waals surface area contributed by atoms with Crippen LogP contribution in [0.3, 0.4) is 0 Å². The van der Waals surface area contributed by atoms with Gasteiger partial charge < -0.3 is 16.0 Å². The highest BCUT2D eigenvalue weighted by atomic mass is 32.2. The van der Waals surface area contributed by atoms with Gasteiger partial charge in [-0.1, -0.05) is 6.07 Å². The summed E-state index contributed by atoms with van der Waals surface area (Å²) < 4.78 is 13.4. The van der Waals surface area contributed by atoms with Crippen LogP contribution in [0.4, 0.5) is 22.0 Å². The number of benzene rings is 1. The number of thioether (sulfide) groups is 1. The van der Waals surface area contributed by atoms with E-state index in [2.05, 4.69) is 20.3 Å². The van der Waals surface area contributed by atoms with E-state index in [0.29, 0.717) is 28.8 Å². The monoisotopic (exact) mass is 350 g/mol. The van der Waals surface area contributed by atoms with Gasteiger partial charge in [0, 0.05) is 19.8 Å². The third-order valence-corrected chi connectivity index (χ3v) is 3.94. The molecule has 2 rings (SSSR count). The molecule has 0 aliphatic rings. The minimum Gasteiger partial charge on any atom is -0.368 e. The van der Waals surface area contributed by atoms with Crippen LogP contribution in [-0.4, -0.2) is 40.7 Å². The summed E-state index contributed by atoms with van der Waals surface area (Å²) in [4.78, 5) is 25.9. The molecule has 24 heavy (non-hydrogen) atoms. The number of amides is 1. The molecule has 1 heterocycles. The highest BCUT2D eigenvalue weighted by Gasteiger charge is 2.09. The number of hydrogen-bond donors (Lipinski definition) is 2. The number of nitrogens with one attached hydrogen (secondary N) is 1. The van der Waals surface area contributed by atoms with Crippen molar-refractivity contribution in [2.45, 2.75) is 12.7 Å². The van der Waals surface area contributed by atoms with Gasteiger partial charge in [0.25, 0.3) is 0 Å². The number of halogens is 1. The van der Waals surface area contributed by atoms with Crippen LogP contribution in [0.5, 0.6) is 0 Å². The third kappa shape index (κ3) is 5.05. The Kier molecular flexibility index (Phi) is 5.91. The number of aryl methyl sites for hydroxylation is 1. The van der Waals surface area contributed by atoms with Gasteiger partial charge in [-0.25, -0.2) is 4.39 Å². The maximum Gasteiger partial charge on any atom is 0.234 e. The van der Waals surface area contributed by atoms with Crippen LogP contribution >= 0.6 is 11.8 Å². The van der Waals surface area contributed by atoms with Gasteiger partial charge in [-0.15, -0.1) is 11.8 Å². The lowest BCUT2D eigenvalue weighted by atomic mass is 10.2. The Morgan fingerprint density at radius 1 is 1.33 bits per heavy atom. The Hall–Kier alpha value is -2.42. The fourth-order valence-electron chi connectivity index (χ4n) is 1.79. The number of nitrogens with zero attached hydrogens (tertiary/aromatic N) is 4. The zero-order valence-electron chi connectivity index (χ0n) is 13.7. The Labute approximate surface area is 143 Å². The van der Waals surface area contributed by atoms with E-state index in [9.17, 15) is 9.18 Å². The third-order valence-electron chi connectivity index (χ3n) is 3.01. The fraction of sp³-hybridized carbons (Fsp3) is 0.333. The smallest absolute Gasteiger partial charge is 0.234 e. The molecule has 0 bridgehead atoms. The van der Waals surface area contributed by atoms with Crippen molar-refractivity contribution in [2.24, 2.45) is 0 Å². The minimum atomic E-state index is -0.350. The number of nitrogen functional groups attached to an aromatic ring is 1. The average Bonchev–Trinajstić information content (AvgIpc) is 2.50. The van der Waals surface area contributed by atoms with Crippen molar-refractivity contribution in [3.63, 3.8) is 0 Å². The van der Waals surface area contributed by atoms with Crippen LogP contribution in [-0.2, 0) is 10.5 Å². The van der Waals surface area contributed by atoms with E-state index in [1.165, 1.54) is 17.8 Å². The number of aromatic nitrogens is 3. The van der Waals surface area contributed by atoms with Crippen molar-refractivity contribution in [3.8, 4) is 0 Å². The molecule has 1 amide bonds. The number of nitrogens with two attached hydrogens (primary N) is 1. The Balaban J connectivity index is 1.87. The maximum absolute atomic E-state index is 13.4. The summed E-state index contributed by atoms with van der Waals surface area (Å²) in [5.74, 6) is 1.16. The van der Waals surface area contributed by atoms with Gasteiger partial charge in [-0.2, -0.15) is 15.0 Å². The first-order valence-electron chi connectivity index (χ1n) is 7.16. The van der Waals surface area contributed by atoms with Crippen molar-refractivity contribution in [1.29, 1.82) is 0 Å². The van der Waals surface area contributed by atoms with Crippen LogP contribution in [0.1, 0.15) is 11.4 Å². The predicted octanol–water partition coefficient (Wildman–Crippen LogP) is 1.84. The lowest BCUT2D eigenvalue weighted by molar-refractivity contribution is -0.113. The van der Waals surface area contributed by atoms with E-state index in [0.717, 1.165) is 0 Å². The standard InChI is InChI=1S/C15H19FN6OS/c1-9-4-5-10(6-11(9)16)18-13(23)8-24-7-12-19-14(17)21-15(20-12)22(2)3/h4-6H,7-8H2,1-3H3,(H,18,23)(H2,17,19,20,21). The molecule has 7 nitrogen and oxygen atoms in total.